The predicted octanol–water partition coefficient (Wildman–Crippen LogP) is 6.28. The summed E-state index contributed by atoms with van der Waals surface area (Å²) >= 11 is 1.68. The molecule has 0 aliphatic rings. The molecule has 140 valence electrons. The molecule has 0 atom stereocenters. The van der Waals surface area contributed by atoms with Crippen LogP contribution in [0.4, 0.5) is 11.4 Å². The molecule has 2 aromatic carbocycles. The number of benzene rings is 2. The molecule has 4 heteroatoms. The number of carbonyl (C=O) groups excluding carboxylic acids is 1. The number of esters is 1. The van der Waals surface area contributed by atoms with E-state index in [1.165, 1.54) is 22.4 Å². The van der Waals surface area contributed by atoms with Crippen molar-refractivity contribution in [2.75, 3.05) is 18.6 Å². The highest BCUT2D eigenvalue weighted by molar-refractivity contribution is 7.14. The molecule has 0 radical (unpaired) electrons. The Bertz CT molecular complexity index is 951. The lowest BCUT2D eigenvalue weighted by Crippen LogP contribution is -2.13. The van der Waals surface area contributed by atoms with Crippen LogP contribution < -0.4 is 4.90 Å². The Kier molecular flexibility index (Phi) is 5.66. The third-order valence-corrected chi connectivity index (χ3v) is 5.57. The number of rotatable bonds is 5. The van der Waals surface area contributed by atoms with Gasteiger partial charge in [-0.15, -0.1) is 11.3 Å². The second kappa shape index (κ2) is 7.97. The summed E-state index contributed by atoms with van der Waals surface area (Å²) in [5, 5.41) is 2.09. The van der Waals surface area contributed by atoms with Crippen molar-refractivity contribution in [1.29, 1.82) is 0 Å². The highest BCUT2D eigenvalue weighted by Gasteiger charge is 2.17. The quantitative estimate of drug-likeness (QED) is 0.488. The van der Waals surface area contributed by atoms with Gasteiger partial charge in [-0.05, 0) is 68.0 Å². The normalized spacial score (nSPS) is 10.7. The number of aryl methyl sites for hydroxylation is 3. The molecule has 27 heavy (non-hydrogen) atoms. The van der Waals surface area contributed by atoms with Crippen molar-refractivity contribution in [3.05, 3.63) is 70.1 Å². The number of anilines is 2. The summed E-state index contributed by atoms with van der Waals surface area (Å²) in [5.41, 5.74) is 7.76. The first kappa shape index (κ1) is 19.2. The average Bonchev–Trinajstić information content (AvgIpc) is 3.11. The largest absolute Gasteiger partial charge is 0.462 e. The summed E-state index contributed by atoms with van der Waals surface area (Å²) in [7, 11) is 2.10. The van der Waals surface area contributed by atoms with Crippen LogP contribution in [0.15, 0.2) is 47.8 Å². The van der Waals surface area contributed by atoms with E-state index >= 15 is 0 Å². The summed E-state index contributed by atoms with van der Waals surface area (Å²) < 4.78 is 5.14. The van der Waals surface area contributed by atoms with Crippen molar-refractivity contribution < 1.29 is 9.53 Å². The van der Waals surface area contributed by atoms with Crippen molar-refractivity contribution in [1.82, 2.24) is 0 Å². The zero-order valence-corrected chi connectivity index (χ0v) is 17.3. The molecule has 0 unspecified atom stereocenters. The average molecular weight is 380 g/mol. The summed E-state index contributed by atoms with van der Waals surface area (Å²) in [6.45, 7) is 8.63. The molecule has 0 fully saturated rings. The maximum atomic E-state index is 12.1. The van der Waals surface area contributed by atoms with Crippen LogP contribution in [0.3, 0.4) is 0 Å². The van der Waals surface area contributed by atoms with E-state index < -0.39 is 0 Å². The molecule has 3 aromatic rings. The van der Waals surface area contributed by atoms with Crippen molar-refractivity contribution in [2.45, 2.75) is 27.7 Å². The minimum atomic E-state index is -0.281. The lowest BCUT2D eigenvalue weighted by molar-refractivity contribution is 0.0526. The molecule has 3 nitrogen and oxygen atoms in total. The SMILES string of the molecule is CCOC(=O)c1cccc(-c2sccc2N(C)c2c(C)cc(C)cc2C)c1. The Morgan fingerprint density at radius 3 is 2.44 bits per heavy atom. The lowest BCUT2D eigenvalue weighted by atomic mass is 10.0. The number of carbonyl (C=O) groups is 1. The van der Waals surface area contributed by atoms with E-state index in [1.54, 1.807) is 17.4 Å². The zero-order valence-electron chi connectivity index (χ0n) is 16.5. The van der Waals surface area contributed by atoms with Gasteiger partial charge in [-0.25, -0.2) is 4.79 Å². The number of hydrogen-bond donors (Lipinski definition) is 0. The number of ether oxygens (including phenoxy) is 1. The summed E-state index contributed by atoms with van der Waals surface area (Å²) in [5.74, 6) is -0.281. The zero-order chi connectivity index (χ0) is 19.6. The van der Waals surface area contributed by atoms with Crippen LogP contribution in [-0.2, 0) is 4.74 Å². The molecule has 0 aliphatic carbocycles. The molecule has 0 spiro atoms. The van der Waals surface area contributed by atoms with Crippen LogP contribution in [0.5, 0.6) is 0 Å². The second-order valence-corrected chi connectivity index (χ2v) is 7.66. The molecule has 0 amide bonds. The molecular weight excluding hydrogens is 354 g/mol. The van der Waals surface area contributed by atoms with Gasteiger partial charge in [0.2, 0.25) is 0 Å². The third kappa shape index (κ3) is 3.91. The van der Waals surface area contributed by atoms with E-state index in [1.807, 2.05) is 25.1 Å². The van der Waals surface area contributed by atoms with Crippen molar-refractivity contribution in [2.24, 2.45) is 0 Å². The van der Waals surface area contributed by atoms with E-state index in [2.05, 4.69) is 56.3 Å². The van der Waals surface area contributed by atoms with Crippen LogP contribution in [-0.4, -0.2) is 19.6 Å². The van der Waals surface area contributed by atoms with Crippen LogP contribution in [0.1, 0.15) is 34.0 Å². The van der Waals surface area contributed by atoms with E-state index in [0.717, 1.165) is 16.1 Å². The number of thiophene rings is 1. The molecule has 0 N–H and O–H groups in total. The van der Waals surface area contributed by atoms with Gasteiger partial charge < -0.3 is 9.64 Å². The van der Waals surface area contributed by atoms with Gasteiger partial charge in [0.15, 0.2) is 0 Å². The topological polar surface area (TPSA) is 29.5 Å². The molecule has 0 saturated carbocycles. The van der Waals surface area contributed by atoms with Gasteiger partial charge in [-0.2, -0.15) is 0 Å². The molecule has 0 saturated heterocycles. The van der Waals surface area contributed by atoms with Gasteiger partial charge in [-0.1, -0.05) is 29.8 Å². The number of nitrogens with zero attached hydrogens (tertiary/aromatic N) is 1. The van der Waals surface area contributed by atoms with Gasteiger partial charge >= 0.3 is 5.97 Å². The summed E-state index contributed by atoms with van der Waals surface area (Å²) in [6, 6.07) is 14.2. The van der Waals surface area contributed by atoms with Gasteiger partial charge in [0.25, 0.3) is 0 Å². The fraction of sp³-hybridized carbons (Fsp3) is 0.261. The minimum Gasteiger partial charge on any atom is -0.462 e. The Morgan fingerprint density at radius 2 is 1.78 bits per heavy atom. The molecule has 0 aliphatic heterocycles. The van der Waals surface area contributed by atoms with Crippen molar-refractivity contribution in [3.8, 4) is 10.4 Å². The Hall–Kier alpha value is -2.59. The van der Waals surface area contributed by atoms with E-state index in [4.69, 9.17) is 4.74 Å². The van der Waals surface area contributed by atoms with Gasteiger partial charge in [0.1, 0.15) is 0 Å². The fourth-order valence-corrected chi connectivity index (χ4v) is 4.53. The van der Waals surface area contributed by atoms with E-state index in [0.29, 0.717) is 12.2 Å². The van der Waals surface area contributed by atoms with Gasteiger partial charge in [0, 0.05) is 12.7 Å². The smallest absolute Gasteiger partial charge is 0.338 e. The van der Waals surface area contributed by atoms with Crippen LogP contribution in [0.2, 0.25) is 0 Å². The summed E-state index contributed by atoms with van der Waals surface area (Å²) in [6.07, 6.45) is 0. The maximum Gasteiger partial charge on any atom is 0.338 e. The van der Waals surface area contributed by atoms with Crippen LogP contribution >= 0.6 is 11.3 Å². The molecule has 1 aromatic heterocycles. The van der Waals surface area contributed by atoms with Gasteiger partial charge in [0.05, 0.1) is 22.7 Å². The first-order valence-electron chi connectivity index (χ1n) is 9.09. The number of hydrogen-bond acceptors (Lipinski definition) is 4. The Labute approximate surface area is 165 Å². The predicted molar refractivity (Wildman–Crippen MR) is 114 cm³/mol. The lowest BCUT2D eigenvalue weighted by Gasteiger charge is -2.25. The minimum absolute atomic E-state index is 0.281. The Balaban J connectivity index is 2.02. The molecular formula is C23H25NO2S. The second-order valence-electron chi connectivity index (χ2n) is 6.74. The van der Waals surface area contributed by atoms with Gasteiger partial charge in [-0.3, -0.25) is 0 Å². The highest BCUT2D eigenvalue weighted by atomic mass is 32.1. The highest BCUT2D eigenvalue weighted by Crippen LogP contribution is 2.40. The molecule has 0 bridgehead atoms. The first-order chi connectivity index (χ1) is 12.9. The van der Waals surface area contributed by atoms with Crippen molar-refractivity contribution in [3.63, 3.8) is 0 Å². The molecule has 1 heterocycles. The van der Waals surface area contributed by atoms with Crippen molar-refractivity contribution >= 4 is 28.7 Å². The monoisotopic (exact) mass is 379 g/mol. The fourth-order valence-electron chi connectivity index (χ4n) is 3.61. The van der Waals surface area contributed by atoms with Crippen LogP contribution in [0.25, 0.3) is 10.4 Å². The van der Waals surface area contributed by atoms with E-state index in [-0.39, 0.29) is 5.97 Å². The third-order valence-electron chi connectivity index (χ3n) is 4.61. The van der Waals surface area contributed by atoms with E-state index in [9.17, 15) is 4.79 Å². The standard InChI is InChI=1S/C23H25NO2S/c1-6-26-23(25)19-9-7-8-18(14-19)22-20(10-11-27-22)24(5)21-16(3)12-15(2)13-17(21)4/h7-14H,6H2,1-5H3. The first-order valence-corrected chi connectivity index (χ1v) is 9.97. The maximum absolute atomic E-state index is 12.1. The molecule has 3 rings (SSSR count). The summed E-state index contributed by atoms with van der Waals surface area (Å²) in [4.78, 5) is 15.5. The van der Waals surface area contributed by atoms with Crippen LogP contribution in [0, 0.1) is 20.8 Å². The Morgan fingerprint density at radius 1 is 1.07 bits per heavy atom.